The Balaban J connectivity index is 2.10. The predicted octanol–water partition coefficient (Wildman–Crippen LogP) is 4.48. The van der Waals surface area contributed by atoms with Crippen LogP contribution in [0.3, 0.4) is 0 Å². The Morgan fingerprint density at radius 3 is 2.54 bits per heavy atom. The van der Waals surface area contributed by atoms with Crippen molar-refractivity contribution in [3.05, 3.63) is 71.6 Å². The van der Waals surface area contributed by atoms with E-state index in [0.717, 1.165) is 6.07 Å². The third-order valence-corrected chi connectivity index (χ3v) is 5.65. The van der Waals surface area contributed by atoms with Gasteiger partial charge in [0.25, 0.3) is 0 Å². The number of alkyl halides is 2. The van der Waals surface area contributed by atoms with Crippen LogP contribution in [0.25, 0.3) is 0 Å². The van der Waals surface area contributed by atoms with Gasteiger partial charge in [0.2, 0.25) is 9.84 Å². The Morgan fingerprint density at radius 2 is 1.93 bits per heavy atom. The lowest BCUT2D eigenvalue weighted by molar-refractivity contribution is 0.234. The maximum atomic E-state index is 13.6. The van der Waals surface area contributed by atoms with Gasteiger partial charge in [-0.05, 0) is 54.8 Å². The van der Waals surface area contributed by atoms with Crippen molar-refractivity contribution >= 4 is 9.84 Å². The molecule has 1 aromatic heterocycles. The third-order valence-electron chi connectivity index (χ3n) is 4.19. The number of aryl methyl sites for hydroxylation is 1. The quantitative estimate of drug-likeness (QED) is 0.601. The number of benzene rings is 2. The molecule has 1 heterocycles. The van der Waals surface area contributed by atoms with Crippen molar-refractivity contribution < 1.29 is 26.3 Å². The lowest BCUT2D eigenvalue weighted by Crippen LogP contribution is -2.16. The Hall–Kier alpha value is -2.81. The van der Waals surface area contributed by atoms with Crippen LogP contribution in [-0.2, 0) is 16.4 Å². The molecule has 0 saturated heterocycles. The lowest BCUT2D eigenvalue weighted by atomic mass is 10.1. The molecule has 0 spiro atoms. The highest BCUT2D eigenvalue weighted by atomic mass is 32.2. The van der Waals surface area contributed by atoms with E-state index >= 15 is 0 Å². The molecule has 0 atom stereocenters. The molecule has 3 rings (SSSR count). The molecule has 0 radical (unpaired) electrons. The first kappa shape index (κ1) is 19.9. The molecule has 9 heteroatoms. The van der Waals surface area contributed by atoms with Crippen LogP contribution in [0.5, 0.6) is 11.5 Å². The molecule has 0 aliphatic rings. The SMILES string of the molecule is Cc1cc(F)cc(Oc2ccc(S(=O)(=O)C(F)F)c(Cn3ccnc3)c2C)c1. The first-order valence-corrected chi connectivity index (χ1v) is 9.78. The van der Waals surface area contributed by atoms with Crippen LogP contribution in [-0.4, -0.2) is 23.7 Å². The summed E-state index contributed by atoms with van der Waals surface area (Å²) in [7, 11) is -4.82. The van der Waals surface area contributed by atoms with Crippen LogP contribution in [0.2, 0.25) is 0 Å². The molecule has 0 aliphatic heterocycles. The number of halogens is 3. The molecule has 0 bridgehead atoms. The molecule has 2 aromatic carbocycles. The van der Waals surface area contributed by atoms with Crippen LogP contribution < -0.4 is 4.74 Å². The number of nitrogens with zero attached hydrogens (tertiary/aromatic N) is 2. The van der Waals surface area contributed by atoms with E-state index in [4.69, 9.17) is 4.74 Å². The molecular formula is C19H17F3N2O3S. The number of imidazole rings is 1. The molecule has 0 fully saturated rings. The van der Waals surface area contributed by atoms with Crippen LogP contribution in [0.4, 0.5) is 13.2 Å². The second kappa shape index (κ2) is 7.67. The fourth-order valence-electron chi connectivity index (χ4n) is 2.83. The summed E-state index contributed by atoms with van der Waals surface area (Å²) in [5.74, 6) is -3.57. The van der Waals surface area contributed by atoms with Gasteiger partial charge in [0, 0.05) is 18.5 Å². The predicted molar refractivity (Wildman–Crippen MR) is 96.9 cm³/mol. The highest BCUT2D eigenvalue weighted by Crippen LogP contribution is 2.34. The van der Waals surface area contributed by atoms with Gasteiger partial charge in [0.05, 0.1) is 17.8 Å². The van der Waals surface area contributed by atoms with Gasteiger partial charge in [-0.15, -0.1) is 0 Å². The number of sulfone groups is 1. The van der Waals surface area contributed by atoms with Crippen molar-refractivity contribution in [1.29, 1.82) is 0 Å². The minimum atomic E-state index is -4.82. The summed E-state index contributed by atoms with van der Waals surface area (Å²) in [5.41, 5.74) is 1.16. The van der Waals surface area contributed by atoms with Gasteiger partial charge in [0.15, 0.2) is 0 Å². The summed E-state index contributed by atoms with van der Waals surface area (Å²) in [4.78, 5) is 3.40. The zero-order valence-corrected chi connectivity index (χ0v) is 15.9. The third kappa shape index (κ3) is 4.04. The summed E-state index contributed by atoms with van der Waals surface area (Å²) in [6.45, 7) is 3.27. The molecule has 3 aromatic rings. The average Bonchev–Trinajstić information content (AvgIpc) is 3.10. The van der Waals surface area contributed by atoms with Crippen molar-refractivity contribution in [2.45, 2.75) is 31.0 Å². The minimum Gasteiger partial charge on any atom is -0.457 e. The van der Waals surface area contributed by atoms with Crippen LogP contribution in [0.1, 0.15) is 16.7 Å². The molecule has 0 saturated carbocycles. The highest BCUT2D eigenvalue weighted by molar-refractivity contribution is 7.91. The molecular weight excluding hydrogens is 393 g/mol. The zero-order valence-electron chi connectivity index (χ0n) is 15.1. The summed E-state index contributed by atoms with van der Waals surface area (Å²) in [5, 5.41) is 0. The Labute approximate surface area is 160 Å². The largest absolute Gasteiger partial charge is 0.457 e. The van der Waals surface area contributed by atoms with Crippen LogP contribution in [0, 0.1) is 19.7 Å². The van der Waals surface area contributed by atoms with E-state index in [9.17, 15) is 21.6 Å². The number of ether oxygens (including phenoxy) is 1. The van der Waals surface area contributed by atoms with Crippen molar-refractivity contribution in [1.82, 2.24) is 9.55 Å². The topological polar surface area (TPSA) is 61.2 Å². The number of rotatable bonds is 6. The van der Waals surface area contributed by atoms with E-state index in [1.54, 1.807) is 30.7 Å². The van der Waals surface area contributed by atoms with Crippen LogP contribution >= 0.6 is 0 Å². The first-order valence-electron chi connectivity index (χ1n) is 8.24. The summed E-state index contributed by atoms with van der Waals surface area (Å²) >= 11 is 0. The Bertz CT molecular complexity index is 1080. The fraction of sp³-hybridized carbons (Fsp3) is 0.211. The molecule has 0 amide bonds. The van der Waals surface area contributed by atoms with Gasteiger partial charge in [-0.1, -0.05) is 0 Å². The van der Waals surface area contributed by atoms with Gasteiger partial charge < -0.3 is 9.30 Å². The zero-order chi connectivity index (χ0) is 20.5. The Morgan fingerprint density at radius 1 is 1.18 bits per heavy atom. The summed E-state index contributed by atoms with van der Waals surface area (Å²) in [6.07, 6.45) is 4.52. The lowest BCUT2D eigenvalue weighted by Gasteiger charge is -2.17. The van der Waals surface area contributed by atoms with Crippen molar-refractivity contribution in [3.8, 4) is 11.5 Å². The van der Waals surface area contributed by atoms with Crippen molar-refractivity contribution in [2.75, 3.05) is 0 Å². The normalized spacial score (nSPS) is 11.8. The molecule has 5 nitrogen and oxygen atoms in total. The van der Waals surface area contributed by atoms with Crippen molar-refractivity contribution in [2.24, 2.45) is 0 Å². The molecule has 0 N–H and O–H groups in total. The Kier molecular flexibility index (Phi) is 5.46. The molecule has 0 unspecified atom stereocenters. The molecule has 0 aliphatic carbocycles. The second-order valence-electron chi connectivity index (χ2n) is 6.27. The minimum absolute atomic E-state index is 0.00644. The second-order valence-corrected chi connectivity index (χ2v) is 8.16. The maximum Gasteiger partial charge on any atom is 0.341 e. The molecule has 28 heavy (non-hydrogen) atoms. The van der Waals surface area contributed by atoms with Gasteiger partial charge >= 0.3 is 5.76 Å². The highest BCUT2D eigenvalue weighted by Gasteiger charge is 2.30. The maximum absolute atomic E-state index is 13.6. The summed E-state index contributed by atoms with van der Waals surface area (Å²) in [6, 6.07) is 6.51. The number of hydrogen-bond acceptors (Lipinski definition) is 4. The van der Waals surface area contributed by atoms with Crippen molar-refractivity contribution in [3.63, 3.8) is 0 Å². The van der Waals surface area contributed by atoms with Crippen LogP contribution in [0.15, 0.2) is 53.9 Å². The standard InChI is InChI=1S/C19H17F3N2O3S/c1-12-7-14(20)9-15(8-12)27-17-3-4-18(28(25,26)19(21)22)16(13(17)2)10-24-6-5-23-11-24/h3-9,11,19H,10H2,1-2H3. The van der Waals surface area contributed by atoms with Gasteiger partial charge in [-0.2, -0.15) is 8.78 Å². The first-order chi connectivity index (χ1) is 13.2. The van der Waals surface area contributed by atoms with E-state index in [-0.39, 0.29) is 23.6 Å². The monoisotopic (exact) mass is 410 g/mol. The van der Waals surface area contributed by atoms with Gasteiger partial charge in [-0.3, -0.25) is 0 Å². The number of hydrogen-bond donors (Lipinski definition) is 0. The molecule has 148 valence electrons. The van der Waals surface area contributed by atoms with E-state index in [1.165, 1.54) is 30.7 Å². The van der Waals surface area contributed by atoms with E-state index in [0.29, 0.717) is 11.1 Å². The number of aromatic nitrogens is 2. The average molecular weight is 410 g/mol. The van der Waals surface area contributed by atoms with E-state index < -0.39 is 26.3 Å². The summed E-state index contributed by atoms with van der Waals surface area (Å²) < 4.78 is 71.4. The van der Waals surface area contributed by atoms with E-state index in [1.807, 2.05) is 0 Å². The smallest absolute Gasteiger partial charge is 0.341 e. The fourth-order valence-corrected chi connectivity index (χ4v) is 3.84. The van der Waals surface area contributed by atoms with Gasteiger partial charge in [0.1, 0.15) is 17.3 Å². The van der Waals surface area contributed by atoms with Gasteiger partial charge in [-0.25, -0.2) is 17.8 Å². The van der Waals surface area contributed by atoms with E-state index in [2.05, 4.69) is 4.98 Å².